The smallest absolute Gasteiger partial charge is 0.0542 e. The van der Waals surface area contributed by atoms with Gasteiger partial charge in [0.05, 0.1) is 77.6 Å². The Morgan fingerprint density at radius 1 is 0.157 bits per heavy atom. The molecule has 0 amide bonds. The Labute approximate surface area is 584 Å². The molecule has 0 spiro atoms. The maximum Gasteiger partial charge on any atom is 0.0542 e. The predicted octanol–water partition coefficient (Wildman–Crippen LogP) is 24.1. The molecule has 22 aromatic rings. The number of hydrogen-bond acceptors (Lipinski definition) is 2. The Kier molecular flexibility index (Phi) is 12.0. The molecule has 0 radical (unpaired) electrons. The van der Waals surface area contributed by atoms with Crippen molar-refractivity contribution in [2.24, 2.45) is 0 Å². The highest BCUT2D eigenvalue weighted by molar-refractivity contribution is 6.17. The molecule has 0 saturated heterocycles. The molecule has 0 saturated carbocycles. The minimum Gasteiger partial charge on any atom is -0.309 e. The standard InChI is InChI=1S/C94H58N8/c1-11-31-81(101-91-45-41-63(97-83-33-13-3-23-69(83)70-24-4-14-34-84(70)97)51-77(91)78-52-64(42-46-92(78)101)98-85-35-15-5-25-71(85)72-26-6-16-36-86(72)98)67(21-1)61-49-59(55-95-57-61)60-50-62(58-96-56-60)68-22-2-12-32-82(68)102-93-47-43-65(99-87-37-17-7-27-73(87)74-28-8-18-38-88(74)99)53-79(93)80-54-66(44-48-94(80)102)100-89-39-19-9-29-75(89)76-30-10-20-40-90(76)100/h1-58H. The third-order valence-electron chi connectivity index (χ3n) is 21.5. The molecule has 0 aliphatic rings. The van der Waals surface area contributed by atoms with Crippen LogP contribution in [0, 0.1) is 0 Å². The summed E-state index contributed by atoms with van der Waals surface area (Å²) >= 11 is 0. The van der Waals surface area contributed by atoms with Gasteiger partial charge in [-0.25, -0.2) is 0 Å². The normalized spacial score (nSPS) is 12.1. The molecule has 8 heteroatoms. The second-order valence-electron chi connectivity index (χ2n) is 26.9. The number of hydrogen-bond donors (Lipinski definition) is 0. The first kappa shape index (κ1) is 56.2. The number of fused-ring (bicyclic) bond motifs is 18. The molecule has 0 aliphatic carbocycles. The first-order chi connectivity index (χ1) is 50.6. The van der Waals surface area contributed by atoms with Crippen LogP contribution >= 0.6 is 0 Å². The van der Waals surface area contributed by atoms with Gasteiger partial charge in [-0.3, -0.25) is 9.97 Å². The lowest BCUT2D eigenvalue weighted by Crippen LogP contribution is -1.99. The second kappa shape index (κ2) is 21.8. The third-order valence-corrected chi connectivity index (χ3v) is 21.5. The van der Waals surface area contributed by atoms with Crippen LogP contribution in [-0.2, 0) is 0 Å². The summed E-state index contributed by atoms with van der Waals surface area (Å²) in [6, 6.07) is 120. The fraction of sp³-hybridized carbons (Fsp3) is 0. The predicted molar refractivity (Wildman–Crippen MR) is 424 cm³/mol. The van der Waals surface area contributed by atoms with Gasteiger partial charge in [-0.05, 0) is 146 Å². The van der Waals surface area contributed by atoms with E-state index in [0.717, 1.165) is 111 Å². The van der Waals surface area contributed by atoms with E-state index >= 15 is 0 Å². The first-order valence-corrected chi connectivity index (χ1v) is 34.8. The molecule has 0 atom stereocenters. The van der Waals surface area contributed by atoms with Gasteiger partial charge in [-0.2, -0.15) is 0 Å². The Morgan fingerprint density at radius 3 is 0.618 bits per heavy atom. The fourth-order valence-corrected chi connectivity index (χ4v) is 17.2. The molecule has 0 N–H and O–H groups in total. The van der Waals surface area contributed by atoms with Crippen molar-refractivity contribution < 1.29 is 0 Å². The Balaban J connectivity index is 0.691. The van der Waals surface area contributed by atoms with E-state index < -0.39 is 0 Å². The van der Waals surface area contributed by atoms with Crippen molar-refractivity contribution in [3.05, 3.63) is 352 Å². The van der Waals surface area contributed by atoms with Gasteiger partial charge >= 0.3 is 0 Å². The number of para-hydroxylation sites is 10. The van der Waals surface area contributed by atoms with Gasteiger partial charge in [-0.15, -0.1) is 0 Å². The van der Waals surface area contributed by atoms with E-state index in [-0.39, 0.29) is 0 Å². The SMILES string of the molecule is c1ccc(-n2c3ccc(-n4c5ccccc5c5ccccc54)cc3c3cc(-n4c5ccccc5c5ccccc54)ccc32)c(-c2cncc(-c3cncc(-c4ccccc4-n4c5ccc(-n6c7ccccc7c7ccccc76)cc5c5cc(-n6c7ccccc7c7ccccc76)ccc54)c3)c2)c1. The van der Waals surface area contributed by atoms with E-state index in [4.69, 9.17) is 9.97 Å². The molecule has 0 bridgehead atoms. The maximum atomic E-state index is 5.06. The van der Waals surface area contributed by atoms with Crippen LogP contribution < -0.4 is 0 Å². The highest BCUT2D eigenvalue weighted by atomic mass is 15.0. The lowest BCUT2D eigenvalue weighted by molar-refractivity contribution is 1.16. The summed E-state index contributed by atoms with van der Waals surface area (Å²) in [4.78, 5) is 10.1. The van der Waals surface area contributed by atoms with Crippen LogP contribution in [0.5, 0.6) is 0 Å². The number of rotatable bonds is 9. The van der Waals surface area contributed by atoms with Crippen molar-refractivity contribution in [1.82, 2.24) is 37.4 Å². The van der Waals surface area contributed by atoms with Crippen LogP contribution in [0.3, 0.4) is 0 Å². The zero-order valence-corrected chi connectivity index (χ0v) is 55.1. The van der Waals surface area contributed by atoms with Crippen molar-refractivity contribution in [2.45, 2.75) is 0 Å². The molecule has 102 heavy (non-hydrogen) atoms. The zero-order chi connectivity index (χ0) is 66.7. The molecular weight excluding hydrogens is 1240 g/mol. The van der Waals surface area contributed by atoms with Crippen LogP contribution in [-0.4, -0.2) is 37.4 Å². The van der Waals surface area contributed by atoms with Crippen molar-refractivity contribution in [3.8, 4) is 67.5 Å². The van der Waals surface area contributed by atoms with E-state index in [2.05, 4.69) is 355 Å². The maximum absolute atomic E-state index is 5.06. The van der Waals surface area contributed by atoms with Crippen LogP contribution in [0.4, 0.5) is 0 Å². The molecule has 22 rings (SSSR count). The van der Waals surface area contributed by atoms with Crippen molar-refractivity contribution >= 4 is 131 Å². The molecule has 0 fully saturated rings. The van der Waals surface area contributed by atoms with Gasteiger partial charge in [0.1, 0.15) is 0 Å². The van der Waals surface area contributed by atoms with Gasteiger partial charge < -0.3 is 27.4 Å². The van der Waals surface area contributed by atoms with Crippen molar-refractivity contribution in [2.75, 3.05) is 0 Å². The van der Waals surface area contributed by atoms with Crippen LogP contribution in [0.2, 0.25) is 0 Å². The summed E-state index contributed by atoms with van der Waals surface area (Å²) in [5.41, 5.74) is 26.4. The van der Waals surface area contributed by atoms with Crippen LogP contribution in [0.1, 0.15) is 0 Å². The van der Waals surface area contributed by atoms with E-state index in [9.17, 15) is 0 Å². The first-order valence-electron chi connectivity index (χ1n) is 34.8. The summed E-state index contributed by atoms with van der Waals surface area (Å²) < 4.78 is 14.6. The number of aromatic nitrogens is 8. The number of benzene rings is 14. The quantitative estimate of drug-likeness (QED) is 0.145. The molecule has 0 unspecified atom stereocenters. The third kappa shape index (κ3) is 8.20. The largest absolute Gasteiger partial charge is 0.309 e. The average molecular weight is 1300 g/mol. The summed E-state index contributed by atoms with van der Waals surface area (Å²) in [7, 11) is 0. The molecule has 8 aromatic heterocycles. The number of nitrogens with zero attached hydrogens (tertiary/aromatic N) is 8. The minimum atomic E-state index is 0.968. The van der Waals surface area contributed by atoms with Gasteiger partial charge in [0, 0.05) is 146 Å². The highest BCUT2D eigenvalue weighted by Gasteiger charge is 2.24. The average Bonchev–Trinajstić information content (AvgIpc) is 1.57. The van der Waals surface area contributed by atoms with E-state index in [1.54, 1.807) is 0 Å². The van der Waals surface area contributed by atoms with Crippen LogP contribution in [0.25, 0.3) is 198 Å². The molecule has 0 aliphatic heterocycles. The Morgan fingerprint density at radius 2 is 0.363 bits per heavy atom. The van der Waals surface area contributed by atoms with E-state index in [1.165, 1.54) is 87.2 Å². The summed E-state index contributed by atoms with van der Waals surface area (Å²) in [5.74, 6) is 0. The van der Waals surface area contributed by atoms with Crippen LogP contribution in [0.15, 0.2) is 352 Å². The lowest BCUT2D eigenvalue weighted by atomic mass is 9.98. The van der Waals surface area contributed by atoms with Gasteiger partial charge in [-0.1, -0.05) is 182 Å². The lowest BCUT2D eigenvalue weighted by Gasteiger charge is -2.16. The van der Waals surface area contributed by atoms with Gasteiger partial charge in [0.15, 0.2) is 0 Å². The molecule has 474 valence electrons. The fourth-order valence-electron chi connectivity index (χ4n) is 17.2. The molecule has 8 nitrogen and oxygen atoms in total. The second-order valence-corrected chi connectivity index (χ2v) is 26.9. The van der Waals surface area contributed by atoms with E-state index in [1.807, 2.05) is 24.8 Å². The Bertz CT molecular complexity index is 6300. The Hall–Kier alpha value is -13.8. The van der Waals surface area contributed by atoms with Crippen molar-refractivity contribution in [1.29, 1.82) is 0 Å². The topological polar surface area (TPSA) is 55.4 Å². The van der Waals surface area contributed by atoms with Crippen molar-refractivity contribution in [3.63, 3.8) is 0 Å². The molecule has 14 aromatic carbocycles. The monoisotopic (exact) mass is 1300 g/mol. The van der Waals surface area contributed by atoms with E-state index in [0.29, 0.717) is 0 Å². The zero-order valence-electron chi connectivity index (χ0n) is 55.1. The molecular formula is C94H58N8. The highest BCUT2D eigenvalue weighted by Crippen LogP contribution is 2.45. The number of pyridine rings is 2. The minimum absolute atomic E-state index is 0.968. The summed E-state index contributed by atoms with van der Waals surface area (Å²) in [5, 5.41) is 14.5. The summed E-state index contributed by atoms with van der Waals surface area (Å²) in [6.45, 7) is 0. The molecule has 8 heterocycles. The van der Waals surface area contributed by atoms with Gasteiger partial charge in [0.25, 0.3) is 0 Å². The van der Waals surface area contributed by atoms with Gasteiger partial charge in [0.2, 0.25) is 0 Å². The summed E-state index contributed by atoms with van der Waals surface area (Å²) in [6.07, 6.45) is 7.96.